The molecule has 3 atom stereocenters. The normalized spacial score (nSPS) is 24.3. The molecule has 5 aliphatic heterocycles. The molecule has 1 aromatic heterocycles. The molecule has 2 amide bonds. The Balaban J connectivity index is 1.23. The SMILES string of the molecule is COc1ccc2c(c1)C=C(C1=[N+](C3CCOCC3)N=CC1C(=O)N1C3CCC1CN(C)C3)Cn1c-2c(C2CCCCC2)c2ccc(C(=O)NS(=O)(=O)CC(C)C)cc21. The number of carbonyl (C=O) groups is 2. The van der Waals surface area contributed by atoms with Gasteiger partial charge in [0.1, 0.15) is 5.75 Å². The van der Waals surface area contributed by atoms with Crippen LogP contribution < -0.4 is 9.46 Å². The molecule has 12 nitrogen and oxygen atoms in total. The number of ether oxygens (including phenoxy) is 2. The van der Waals surface area contributed by atoms with E-state index in [4.69, 9.17) is 14.6 Å². The number of likely N-dealkylation sites (N-methyl/N-ethyl adjacent to an activating group) is 1. The van der Waals surface area contributed by atoms with Gasteiger partial charge in [-0.3, -0.25) is 9.59 Å². The molecule has 2 bridgehead atoms. The highest BCUT2D eigenvalue weighted by atomic mass is 32.2. The molecular formula is C45H57N6O6S+. The second-order valence-electron chi connectivity index (χ2n) is 17.8. The highest BCUT2D eigenvalue weighted by Gasteiger charge is 2.50. The van der Waals surface area contributed by atoms with E-state index in [1.54, 1.807) is 13.2 Å². The summed E-state index contributed by atoms with van der Waals surface area (Å²) in [6, 6.07) is 12.4. The van der Waals surface area contributed by atoms with Gasteiger partial charge in [0.05, 0.1) is 44.5 Å². The lowest BCUT2D eigenvalue weighted by Gasteiger charge is -2.40. The molecule has 308 valence electrons. The van der Waals surface area contributed by atoms with Gasteiger partial charge in [-0.25, -0.2) is 13.1 Å². The van der Waals surface area contributed by atoms with Gasteiger partial charge in [-0.1, -0.05) is 43.9 Å². The van der Waals surface area contributed by atoms with Gasteiger partial charge in [-0.2, -0.15) is 0 Å². The molecule has 3 saturated heterocycles. The molecule has 0 radical (unpaired) electrons. The van der Waals surface area contributed by atoms with E-state index in [2.05, 4.69) is 49.0 Å². The van der Waals surface area contributed by atoms with E-state index in [0.717, 1.165) is 109 Å². The Morgan fingerprint density at radius 2 is 1.72 bits per heavy atom. The summed E-state index contributed by atoms with van der Waals surface area (Å²) >= 11 is 0. The highest BCUT2D eigenvalue weighted by Crippen LogP contribution is 2.47. The minimum absolute atomic E-state index is 0.0812. The van der Waals surface area contributed by atoms with Crippen LogP contribution in [0.3, 0.4) is 0 Å². The number of methoxy groups -OCH3 is 1. The molecular weight excluding hydrogens is 753 g/mol. The molecule has 9 rings (SSSR count). The number of hydrogen-bond donors (Lipinski definition) is 1. The number of carbonyl (C=O) groups excluding carboxylic acids is 2. The third-order valence-electron chi connectivity index (χ3n) is 13.3. The molecule has 3 aromatic rings. The molecule has 1 N–H and O–H groups in total. The molecule has 1 aliphatic carbocycles. The number of allylic oxidation sites excluding steroid dienone is 1. The lowest BCUT2D eigenvalue weighted by molar-refractivity contribution is -0.574. The van der Waals surface area contributed by atoms with Crippen molar-refractivity contribution in [1.29, 1.82) is 0 Å². The van der Waals surface area contributed by atoms with Crippen LogP contribution in [0.4, 0.5) is 0 Å². The molecule has 58 heavy (non-hydrogen) atoms. The van der Waals surface area contributed by atoms with Crippen molar-refractivity contribution < 1.29 is 32.2 Å². The summed E-state index contributed by atoms with van der Waals surface area (Å²) in [6.07, 6.45) is 13.4. The summed E-state index contributed by atoms with van der Waals surface area (Å²) in [5.74, 6) is -0.273. The topological polar surface area (TPSA) is 126 Å². The van der Waals surface area contributed by atoms with Crippen molar-refractivity contribution in [3.63, 3.8) is 0 Å². The molecule has 6 aliphatic rings. The molecule has 13 heteroatoms. The van der Waals surface area contributed by atoms with Crippen molar-refractivity contribution in [3.05, 3.63) is 58.7 Å². The maximum Gasteiger partial charge on any atom is 0.264 e. The fraction of sp³-hybridized carbons (Fsp3) is 0.556. The van der Waals surface area contributed by atoms with Gasteiger partial charge < -0.3 is 23.8 Å². The first-order valence-corrected chi connectivity index (χ1v) is 23.0. The van der Waals surface area contributed by atoms with Crippen LogP contribution in [0.2, 0.25) is 0 Å². The summed E-state index contributed by atoms with van der Waals surface area (Å²) in [6.45, 7) is 7.10. The number of piperazine rings is 1. The van der Waals surface area contributed by atoms with Crippen LogP contribution >= 0.6 is 0 Å². The van der Waals surface area contributed by atoms with Gasteiger partial charge in [-0.05, 0) is 97.2 Å². The molecule has 3 unspecified atom stereocenters. The first kappa shape index (κ1) is 39.1. The first-order valence-electron chi connectivity index (χ1n) is 21.4. The van der Waals surface area contributed by atoms with Crippen LogP contribution in [0.5, 0.6) is 5.75 Å². The summed E-state index contributed by atoms with van der Waals surface area (Å²) in [4.78, 5) is 33.3. The van der Waals surface area contributed by atoms with E-state index in [1.807, 2.05) is 38.3 Å². The van der Waals surface area contributed by atoms with Crippen molar-refractivity contribution >= 4 is 50.7 Å². The van der Waals surface area contributed by atoms with E-state index < -0.39 is 21.8 Å². The summed E-state index contributed by atoms with van der Waals surface area (Å²) in [7, 11) is 0.00929. The number of rotatable bonds is 9. The number of hydrogen-bond acceptors (Lipinski definition) is 8. The van der Waals surface area contributed by atoms with Gasteiger partial charge in [0.25, 0.3) is 5.91 Å². The zero-order chi connectivity index (χ0) is 40.3. The molecule has 1 saturated carbocycles. The molecule has 2 aromatic carbocycles. The standard InChI is InChI=1S/C45H56N6O6S/c1-28(2)27-58(54,55)47-44(52)30-10-14-38-40(22-30)49-24-32(20-31-21-36(56-4)13-15-37(31)43(49)41(38)29-8-6-5-7-9-29)42-39(23-46-51(42)33-16-18-57-19-17-33)45(53)50-34-11-12-35(50)26-48(3)25-34/h10,13-15,20-23,28-29,33-35,39H,5-9,11-12,16-19,24-27H2,1-4H3/p+1. The van der Waals surface area contributed by atoms with Crippen LogP contribution in [0.25, 0.3) is 28.2 Å². The lowest BCUT2D eigenvalue weighted by atomic mass is 9.81. The minimum atomic E-state index is -3.83. The van der Waals surface area contributed by atoms with Crippen molar-refractivity contribution in [2.24, 2.45) is 16.9 Å². The fourth-order valence-electron chi connectivity index (χ4n) is 10.8. The summed E-state index contributed by atoms with van der Waals surface area (Å²) < 4.78 is 44.4. The van der Waals surface area contributed by atoms with Crippen LogP contribution in [0.15, 0.2) is 47.1 Å². The van der Waals surface area contributed by atoms with Crippen LogP contribution in [0.1, 0.15) is 99.0 Å². The van der Waals surface area contributed by atoms with Gasteiger partial charge in [0.2, 0.25) is 21.6 Å². The van der Waals surface area contributed by atoms with E-state index in [9.17, 15) is 13.2 Å². The molecule has 0 spiro atoms. The first-order chi connectivity index (χ1) is 28.0. The Hall–Kier alpha value is -4.33. The summed E-state index contributed by atoms with van der Waals surface area (Å²) in [5, 5.41) is 6.15. The maximum atomic E-state index is 15.0. The number of nitrogens with zero attached hydrogens (tertiary/aromatic N) is 5. The number of fused-ring (bicyclic) bond motifs is 7. The van der Waals surface area contributed by atoms with E-state index in [0.29, 0.717) is 31.2 Å². The smallest absolute Gasteiger partial charge is 0.264 e. The highest BCUT2D eigenvalue weighted by molar-refractivity contribution is 7.90. The second kappa shape index (κ2) is 15.7. The van der Waals surface area contributed by atoms with Crippen LogP contribution in [0, 0.1) is 11.8 Å². The van der Waals surface area contributed by atoms with Crippen molar-refractivity contribution in [1.82, 2.24) is 19.1 Å². The average Bonchev–Trinajstić information content (AvgIpc) is 3.83. The number of nitrogens with one attached hydrogen (secondary N) is 1. The maximum absolute atomic E-state index is 15.0. The van der Waals surface area contributed by atoms with Crippen LogP contribution in [-0.2, 0) is 26.1 Å². The van der Waals surface area contributed by atoms with Gasteiger partial charge in [-0.15, -0.1) is 0 Å². The predicted molar refractivity (Wildman–Crippen MR) is 226 cm³/mol. The third-order valence-corrected chi connectivity index (χ3v) is 14.9. The lowest BCUT2D eigenvalue weighted by Crippen LogP contribution is -2.57. The predicted octanol–water partition coefficient (Wildman–Crippen LogP) is 6.03. The fourth-order valence-corrected chi connectivity index (χ4v) is 12.2. The van der Waals surface area contributed by atoms with E-state index >= 15 is 4.79 Å². The monoisotopic (exact) mass is 809 g/mol. The Kier molecular flexibility index (Phi) is 10.6. The average molecular weight is 810 g/mol. The van der Waals surface area contributed by atoms with Crippen molar-refractivity contribution in [2.75, 3.05) is 46.2 Å². The van der Waals surface area contributed by atoms with Crippen molar-refractivity contribution in [3.8, 4) is 17.0 Å². The second-order valence-corrected chi connectivity index (χ2v) is 19.6. The Bertz CT molecular complexity index is 2320. The van der Waals surface area contributed by atoms with Crippen molar-refractivity contribution in [2.45, 2.75) is 102 Å². The number of amides is 2. The number of likely N-dealkylation sites (tertiary alicyclic amines) is 1. The third kappa shape index (κ3) is 7.21. The number of benzene rings is 2. The zero-order valence-corrected chi connectivity index (χ0v) is 35.1. The number of hydrazone groups is 1. The van der Waals surface area contributed by atoms with Gasteiger partial charge in [0.15, 0.2) is 12.0 Å². The van der Waals surface area contributed by atoms with E-state index in [1.165, 1.54) is 12.0 Å². The molecule has 4 fully saturated rings. The zero-order valence-electron chi connectivity index (χ0n) is 34.3. The number of aromatic nitrogens is 1. The Labute approximate surface area is 342 Å². The quantitative estimate of drug-likeness (QED) is 0.262. The van der Waals surface area contributed by atoms with Gasteiger partial charge >= 0.3 is 0 Å². The van der Waals surface area contributed by atoms with E-state index in [-0.39, 0.29) is 35.7 Å². The van der Waals surface area contributed by atoms with Gasteiger partial charge in [0, 0.05) is 65.6 Å². The number of sulfonamides is 1. The molecule has 6 heterocycles. The Morgan fingerprint density at radius 1 is 0.983 bits per heavy atom. The summed E-state index contributed by atoms with van der Waals surface area (Å²) in [5.41, 5.74) is 7.50. The largest absolute Gasteiger partial charge is 0.497 e. The Morgan fingerprint density at radius 3 is 2.43 bits per heavy atom. The van der Waals surface area contributed by atoms with Crippen LogP contribution in [-0.4, -0.2) is 116 Å². The minimum Gasteiger partial charge on any atom is -0.497 e.